The number of hydrogen-bond acceptors (Lipinski definition) is 5. The van der Waals surface area contributed by atoms with Gasteiger partial charge in [-0.05, 0) is 31.5 Å². The fraction of sp³-hybridized carbons (Fsp3) is 0.455. The third-order valence-corrected chi connectivity index (χ3v) is 3.82. The monoisotopic (exact) mass is 271 g/mol. The second-order valence-electron chi connectivity index (χ2n) is 4.82. The molecule has 1 heterocycles. The standard InChI is InChI=1S/C11H17N3O3S/c1-11(2-3-17-7-11)14-9-4-8(12)5-10(6-9)18(13,15)16/h4-6,14H,2-3,7,12H2,1H3,(H2,13,15,16). The number of anilines is 2. The second kappa shape index (κ2) is 4.42. The number of ether oxygens (including phenoxy) is 1. The first-order valence-corrected chi connectivity index (χ1v) is 7.12. The lowest BCUT2D eigenvalue weighted by Gasteiger charge is -2.25. The molecular weight excluding hydrogens is 254 g/mol. The van der Waals surface area contributed by atoms with Crippen molar-refractivity contribution in [2.45, 2.75) is 23.8 Å². The van der Waals surface area contributed by atoms with Gasteiger partial charge < -0.3 is 15.8 Å². The maximum absolute atomic E-state index is 11.3. The number of nitrogens with two attached hydrogens (primary N) is 2. The van der Waals surface area contributed by atoms with Crippen LogP contribution in [0.3, 0.4) is 0 Å². The lowest BCUT2D eigenvalue weighted by molar-refractivity contribution is 0.185. The summed E-state index contributed by atoms with van der Waals surface area (Å²) in [5.41, 5.74) is 6.46. The van der Waals surface area contributed by atoms with Gasteiger partial charge in [0.2, 0.25) is 10.0 Å². The van der Waals surface area contributed by atoms with Crippen LogP contribution in [0.15, 0.2) is 23.1 Å². The largest absolute Gasteiger partial charge is 0.399 e. The van der Waals surface area contributed by atoms with Crippen LogP contribution in [0.4, 0.5) is 11.4 Å². The van der Waals surface area contributed by atoms with Crippen LogP contribution in [-0.2, 0) is 14.8 Å². The number of sulfonamides is 1. The van der Waals surface area contributed by atoms with E-state index in [1.807, 2.05) is 6.92 Å². The van der Waals surface area contributed by atoms with Crippen molar-refractivity contribution in [2.24, 2.45) is 5.14 Å². The van der Waals surface area contributed by atoms with Crippen molar-refractivity contribution < 1.29 is 13.2 Å². The molecule has 0 bridgehead atoms. The predicted octanol–water partition coefficient (Wildman–Crippen LogP) is 0.507. The average molecular weight is 271 g/mol. The molecule has 2 rings (SSSR count). The Morgan fingerprint density at radius 2 is 2.11 bits per heavy atom. The molecule has 0 spiro atoms. The molecule has 0 radical (unpaired) electrons. The molecule has 1 atom stereocenters. The molecule has 7 heteroatoms. The molecule has 1 unspecified atom stereocenters. The number of benzene rings is 1. The van der Waals surface area contributed by atoms with Gasteiger partial charge in [-0.25, -0.2) is 13.6 Å². The minimum absolute atomic E-state index is 0.00696. The van der Waals surface area contributed by atoms with Crippen LogP contribution in [0.5, 0.6) is 0 Å². The van der Waals surface area contributed by atoms with Crippen molar-refractivity contribution in [2.75, 3.05) is 24.3 Å². The number of nitrogens with one attached hydrogen (secondary N) is 1. The van der Waals surface area contributed by atoms with E-state index in [9.17, 15) is 8.42 Å². The highest BCUT2D eigenvalue weighted by Crippen LogP contribution is 2.26. The molecule has 0 saturated carbocycles. The van der Waals surface area contributed by atoms with Crippen LogP contribution in [0.2, 0.25) is 0 Å². The van der Waals surface area contributed by atoms with Gasteiger partial charge in [0.25, 0.3) is 0 Å². The van der Waals surface area contributed by atoms with Crippen LogP contribution >= 0.6 is 0 Å². The molecular formula is C11H17N3O3S. The fourth-order valence-electron chi connectivity index (χ4n) is 1.97. The highest BCUT2D eigenvalue weighted by Gasteiger charge is 2.29. The Balaban J connectivity index is 2.31. The number of rotatable bonds is 3. The van der Waals surface area contributed by atoms with Gasteiger partial charge in [0.05, 0.1) is 17.0 Å². The summed E-state index contributed by atoms with van der Waals surface area (Å²) < 4.78 is 28.0. The average Bonchev–Trinajstić information content (AvgIpc) is 2.62. The maximum Gasteiger partial charge on any atom is 0.238 e. The summed E-state index contributed by atoms with van der Waals surface area (Å²) in [4.78, 5) is 0.00696. The number of primary sulfonamides is 1. The Labute approximate surface area is 106 Å². The summed E-state index contributed by atoms with van der Waals surface area (Å²) in [5.74, 6) is 0. The SMILES string of the molecule is CC1(Nc2cc(N)cc(S(N)(=O)=O)c2)CCOC1. The van der Waals surface area contributed by atoms with Crippen LogP contribution in [0, 0.1) is 0 Å². The van der Waals surface area contributed by atoms with E-state index in [0.29, 0.717) is 24.6 Å². The molecule has 0 amide bonds. The Morgan fingerprint density at radius 1 is 1.39 bits per heavy atom. The van der Waals surface area contributed by atoms with Crippen molar-refractivity contribution in [3.8, 4) is 0 Å². The van der Waals surface area contributed by atoms with Gasteiger partial charge in [0, 0.05) is 18.0 Å². The topological polar surface area (TPSA) is 107 Å². The molecule has 1 aliphatic rings. The quantitative estimate of drug-likeness (QED) is 0.694. The molecule has 6 nitrogen and oxygen atoms in total. The zero-order valence-corrected chi connectivity index (χ0v) is 11.0. The minimum Gasteiger partial charge on any atom is -0.399 e. The molecule has 1 aromatic carbocycles. The molecule has 18 heavy (non-hydrogen) atoms. The summed E-state index contributed by atoms with van der Waals surface area (Å²) in [6, 6.07) is 4.50. The van der Waals surface area contributed by atoms with E-state index in [0.717, 1.165) is 6.42 Å². The lowest BCUT2D eigenvalue weighted by atomic mass is 10.0. The first-order valence-electron chi connectivity index (χ1n) is 5.58. The Morgan fingerprint density at radius 3 is 2.67 bits per heavy atom. The van der Waals surface area contributed by atoms with E-state index < -0.39 is 10.0 Å². The third kappa shape index (κ3) is 2.92. The van der Waals surface area contributed by atoms with Crippen LogP contribution in [-0.4, -0.2) is 27.2 Å². The van der Waals surface area contributed by atoms with Crippen molar-refractivity contribution in [3.05, 3.63) is 18.2 Å². The normalized spacial score (nSPS) is 24.1. The van der Waals surface area contributed by atoms with E-state index in [2.05, 4.69) is 5.32 Å². The highest BCUT2D eigenvalue weighted by molar-refractivity contribution is 7.89. The highest BCUT2D eigenvalue weighted by atomic mass is 32.2. The Kier molecular flexibility index (Phi) is 3.22. The van der Waals surface area contributed by atoms with Gasteiger partial charge in [0.15, 0.2) is 0 Å². The third-order valence-electron chi connectivity index (χ3n) is 2.92. The molecule has 0 aliphatic carbocycles. The van der Waals surface area contributed by atoms with E-state index in [-0.39, 0.29) is 10.4 Å². The number of hydrogen-bond donors (Lipinski definition) is 3. The summed E-state index contributed by atoms with van der Waals surface area (Å²) in [5, 5.41) is 8.35. The number of nitrogen functional groups attached to an aromatic ring is 1. The summed E-state index contributed by atoms with van der Waals surface area (Å²) in [7, 11) is -3.75. The molecule has 1 saturated heterocycles. The fourth-order valence-corrected chi connectivity index (χ4v) is 2.56. The molecule has 5 N–H and O–H groups in total. The molecule has 1 fully saturated rings. The van der Waals surface area contributed by atoms with Gasteiger partial charge >= 0.3 is 0 Å². The van der Waals surface area contributed by atoms with E-state index >= 15 is 0 Å². The Hall–Kier alpha value is -1.31. The molecule has 0 aromatic heterocycles. The van der Waals surface area contributed by atoms with Crippen LogP contribution in [0.1, 0.15) is 13.3 Å². The van der Waals surface area contributed by atoms with Crippen LogP contribution in [0.25, 0.3) is 0 Å². The first-order chi connectivity index (χ1) is 8.28. The zero-order chi connectivity index (χ0) is 13.4. The van der Waals surface area contributed by atoms with E-state index in [4.69, 9.17) is 15.6 Å². The van der Waals surface area contributed by atoms with Crippen molar-refractivity contribution in [1.82, 2.24) is 0 Å². The lowest BCUT2D eigenvalue weighted by Crippen LogP contribution is -2.35. The van der Waals surface area contributed by atoms with Gasteiger partial charge in [0.1, 0.15) is 0 Å². The van der Waals surface area contributed by atoms with E-state index in [1.54, 1.807) is 6.07 Å². The van der Waals surface area contributed by atoms with Gasteiger partial charge in [-0.3, -0.25) is 0 Å². The minimum atomic E-state index is -3.75. The second-order valence-corrected chi connectivity index (χ2v) is 6.39. The first kappa shape index (κ1) is 13.1. The van der Waals surface area contributed by atoms with Crippen molar-refractivity contribution >= 4 is 21.4 Å². The van der Waals surface area contributed by atoms with Gasteiger partial charge in [-0.15, -0.1) is 0 Å². The summed E-state index contributed by atoms with van der Waals surface area (Å²) in [6.07, 6.45) is 0.854. The molecule has 1 aliphatic heterocycles. The smallest absolute Gasteiger partial charge is 0.238 e. The maximum atomic E-state index is 11.3. The predicted molar refractivity (Wildman–Crippen MR) is 69.7 cm³/mol. The van der Waals surface area contributed by atoms with Crippen LogP contribution < -0.4 is 16.2 Å². The molecule has 100 valence electrons. The molecule has 1 aromatic rings. The Bertz CT molecular complexity index is 551. The van der Waals surface area contributed by atoms with Crippen molar-refractivity contribution in [3.63, 3.8) is 0 Å². The van der Waals surface area contributed by atoms with Crippen molar-refractivity contribution in [1.29, 1.82) is 0 Å². The summed E-state index contributed by atoms with van der Waals surface area (Å²) in [6.45, 7) is 3.28. The zero-order valence-electron chi connectivity index (χ0n) is 10.1. The van der Waals surface area contributed by atoms with Gasteiger partial charge in [-0.2, -0.15) is 0 Å². The van der Waals surface area contributed by atoms with E-state index in [1.165, 1.54) is 12.1 Å². The van der Waals surface area contributed by atoms with Gasteiger partial charge in [-0.1, -0.05) is 0 Å². The summed E-state index contributed by atoms with van der Waals surface area (Å²) >= 11 is 0.